The van der Waals surface area contributed by atoms with Gasteiger partial charge in [0.1, 0.15) is 0 Å². The van der Waals surface area contributed by atoms with E-state index in [9.17, 15) is 13.2 Å². The molecule has 0 bridgehead atoms. The van der Waals surface area contributed by atoms with Gasteiger partial charge in [-0.2, -0.15) is 13.2 Å². The van der Waals surface area contributed by atoms with Crippen LogP contribution in [-0.4, -0.2) is 37.6 Å². The molecule has 1 aromatic rings. The predicted molar refractivity (Wildman–Crippen MR) is 68.1 cm³/mol. The quantitative estimate of drug-likeness (QED) is 0.822. The van der Waals surface area contributed by atoms with E-state index < -0.39 is 11.7 Å². The van der Waals surface area contributed by atoms with Crippen LogP contribution in [0.25, 0.3) is 0 Å². The standard InChI is InChI=1S/C14H18F3N2/c15-14(16,17)13-5-3-12(4-6-13)2-1-9-19-10-7-18-8-11-19/h3-6H,1-2,7-11H2. The Balaban J connectivity index is 1.76. The molecule has 19 heavy (non-hydrogen) atoms. The van der Waals surface area contributed by atoms with Gasteiger partial charge in [-0.3, -0.25) is 0 Å². The fourth-order valence-electron chi connectivity index (χ4n) is 2.24. The van der Waals surface area contributed by atoms with Gasteiger partial charge < -0.3 is 4.90 Å². The first-order valence-corrected chi connectivity index (χ1v) is 6.57. The summed E-state index contributed by atoms with van der Waals surface area (Å²) in [6, 6.07) is 5.48. The van der Waals surface area contributed by atoms with E-state index in [1.807, 2.05) is 0 Å². The molecule has 1 aromatic carbocycles. The summed E-state index contributed by atoms with van der Waals surface area (Å²) >= 11 is 0. The number of hydrogen-bond acceptors (Lipinski definition) is 1. The number of alkyl halides is 3. The summed E-state index contributed by atoms with van der Waals surface area (Å²) in [5, 5.41) is 4.28. The Morgan fingerprint density at radius 1 is 1.05 bits per heavy atom. The van der Waals surface area contributed by atoms with Gasteiger partial charge in [-0.1, -0.05) is 12.1 Å². The van der Waals surface area contributed by atoms with Gasteiger partial charge in [0.25, 0.3) is 0 Å². The third kappa shape index (κ3) is 4.51. The number of halogens is 3. The number of rotatable bonds is 4. The number of nitrogens with zero attached hydrogens (tertiary/aromatic N) is 2. The molecule has 1 radical (unpaired) electrons. The summed E-state index contributed by atoms with van der Waals surface area (Å²) in [6.07, 6.45) is -2.44. The summed E-state index contributed by atoms with van der Waals surface area (Å²) in [5.41, 5.74) is 0.392. The third-order valence-corrected chi connectivity index (χ3v) is 3.37. The molecule has 1 aliphatic rings. The average molecular weight is 271 g/mol. The molecule has 1 heterocycles. The zero-order valence-electron chi connectivity index (χ0n) is 10.8. The minimum atomic E-state index is -4.24. The van der Waals surface area contributed by atoms with Crippen molar-refractivity contribution in [3.63, 3.8) is 0 Å². The van der Waals surface area contributed by atoms with Crippen LogP contribution in [0.2, 0.25) is 0 Å². The SMILES string of the molecule is FC(F)(F)c1ccc(CCCN2CC[N]CC2)cc1. The van der Waals surface area contributed by atoms with Gasteiger partial charge in [-0.05, 0) is 37.1 Å². The van der Waals surface area contributed by atoms with Crippen LogP contribution in [-0.2, 0) is 12.6 Å². The van der Waals surface area contributed by atoms with E-state index in [4.69, 9.17) is 0 Å². The van der Waals surface area contributed by atoms with Crippen molar-refractivity contribution in [2.75, 3.05) is 32.7 Å². The molecule has 105 valence electrons. The topological polar surface area (TPSA) is 17.3 Å². The smallest absolute Gasteiger partial charge is 0.301 e. The lowest BCUT2D eigenvalue weighted by Crippen LogP contribution is -2.40. The normalized spacial score (nSPS) is 17.6. The first-order chi connectivity index (χ1) is 9.05. The van der Waals surface area contributed by atoms with Gasteiger partial charge in [-0.15, -0.1) is 0 Å². The summed E-state index contributed by atoms with van der Waals surface area (Å²) in [4.78, 5) is 2.36. The molecule has 1 fully saturated rings. The van der Waals surface area contributed by atoms with E-state index in [0.717, 1.165) is 63.3 Å². The van der Waals surface area contributed by atoms with Crippen LogP contribution in [0.5, 0.6) is 0 Å². The second kappa shape index (κ2) is 6.39. The number of benzene rings is 1. The van der Waals surface area contributed by atoms with E-state index in [2.05, 4.69) is 10.2 Å². The number of hydrogen-bond donors (Lipinski definition) is 0. The van der Waals surface area contributed by atoms with Gasteiger partial charge in [0.15, 0.2) is 0 Å². The molecule has 0 N–H and O–H groups in total. The van der Waals surface area contributed by atoms with Gasteiger partial charge >= 0.3 is 6.18 Å². The van der Waals surface area contributed by atoms with Crippen LogP contribution in [0.4, 0.5) is 13.2 Å². The van der Waals surface area contributed by atoms with Crippen LogP contribution >= 0.6 is 0 Å². The monoisotopic (exact) mass is 271 g/mol. The van der Waals surface area contributed by atoms with E-state index >= 15 is 0 Å². The number of piperazine rings is 1. The van der Waals surface area contributed by atoms with E-state index in [1.54, 1.807) is 12.1 Å². The maximum atomic E-state index is 12.4. The Morgan fingerprint density at radius 3 is 2.26 bits per heavy atom. The molecule has 1 aliphatic heterocycles. The van der Waals surface area contributed by atoms with E-state index in [-0.39, 0.29) is 0 Å². The van der Waals surface area contributed by atoms with Crippen molar-refractivity contribution < 1.29 is 13.2 Å². The molecule has 2 nitrogen and oxygen atoms in total. The van der Waals surface area contributed by atoms with Crippen LogP contribution in [0, 0.1) is 0 Å². The molecule has 0 spiro atoms. The highest BCUT2D eigenvalue weighted by molar-refractivity contribution is 5.24. The molecule has 2 rings (SSSR count). The van der Waals surface area contributed by atoms with Crippen molar-refractivity contribution in [3.8, 4) is 0 Å². The lowest BCUT2D eigenvalue weighted by Gasteiger charge is -2.26. The highest BCUT2D eigenvalue weighted by Crippen LogP contribution is 2.29. The van der Waals surface area contributed by atoms with E-state index in [0.29, 0.717) is 0 Å². The Morgan fingerprint density at radius 2 is 1.68 bits per heavy atom. The maximum absolute atomic E-state index is 12.4. The number of aryl methyl sites for hydroxylation is 1. The van der Waals surface area contributed by atoms with Gasteiger partial charge in [0, 0.05) is 26.2 Å². The Kier molecular flexibility index (Phi) is 4.82. The van der Waals surface area contributed by atoms with Crippen LogP contribution in [0.15, 0.2) is 24.3 Å². The van der Waals surface area contributed by atoms with Crippen molar-refractivity contribution in [2.24, 2.45) is 0 Å². The fraction of sp³-hybridized carbons (Fsp3) is 0.571. The second-order valence-electron chi connectivity index (χ2n) is 4.81. The largest absolute Gasteiger partial charge is 0.416 e. The molecular weight excluding hydrogens is 253 g/mol. The minimum absolute atomic E-state index is 0.575. The van der Waals surface area contributed by atoms with Crippen molar-refractivity contribution in [2.45, 2.75) is 19.0 Å². The Labute approximate surface area is 111 Å². The molecule has 0 amide bonds. The first-order valence-electron chi connectivity index (χ1n) is 6.57. The zero-order valence-corrected chi connectivity index (χ0v) is 10.8. The summed E-state index contributed by atoms with van der Waals surface area (Å²) in [7, 11) is 0. The summed E-state index contributed by atoms with van der Waals surface area (Å²) in [5.74, 6) is 0. The molecule has 0 aromatic heterocycles. The third-order valence-electron chi connectivity index (χ3n) is 3.37. The van der Waals surface area contributed by atoms with Gasteiger partial charge in [0.2, 0.25) is 0 Å². The predicted octanol–water partition coefficient (Wildman–Crippen LogP) is 2.56. The minimum Gasteiger partial charge on any atom is -0.301 e. The maximum Gasteiger partial charge on any atom is 0.416 e. The van der Waals surface area contributed by atoms with Crippen molar-refractivity contribution in [1.29, 1.82) is 0 Å². The molecular formula is C14H18F3N2. The van der Waals surface area contributed by atoms with Crippen molar-refractivity contribution in [1.82, 2.24) is 10.2 Å². The lowest BCUT2D eigenvalue weighted by atomic mass is 10.1. The van der Waals surface area contributed by atoms with E-state index in [1.165, 1.54) is 0 Å². The molecule has 1 saturated heterocycles. The van der Waals surface area contributed by atoms with Crippen LogP contribution < -0.4 is 5.32 Å². The highest BCUT2D eigenvalue weighted by Gasteiger charge is 2.29. The average Bonchev–Trinajstić information content (AvgIpc) is 2.39. The van der Waals surface area contributed by atoms with Crippen LogP contribution in [0.1, 0.15) is 17.5 Å². The van der Waals surface area contributed by atoms with Crippen LogP contribution in [0.3, 0.4) is 0 Å². The van der Waals surface area contributed by atoms with Gasteiger partial charge in [-0.25, -0.2) is 5.32 Å². The second-order valence-corrected chi connectivity index (χ2v) is 4.81. The Hall–Kier alpha value is -1.07. The lowest BCUT2D eigenvalue weighted by molar-refractivity contribution is -0.137. The highest BCUT2D eigenvalue weighted by atomic mass is 19.4. The first kappa shape index (κ1) is 14.3. The molecule has 0 atom stereocenters. The summed E-state index contributed by atoms with van der Waals surface area (Å²) < 4.78 is 37.2. The molecule has 0 aliphatic carbocycles. The molecule has 5 heteroatoms. The molecule has 0 saturated carbocycles. The van der Waals surface area contributed by atoms with Gasteiger partial charge in [0.05, 0.1) is 5.56 Å². The van der Waals surface area contributed by atoms with Crippen molar-refractivity contribution in [3.05, 3.63) is 35.4 Å². The fourth-order valence-corrected chi connectivity index (χ4v) is 2.24. The molecule has 0 unspecified atom stereocenters. The van der Waals surface area contributed by atoms with Crippen molar-refractivity contribution >= 4 is 0 Å². The summed E-state index contributed by atoms with van der Waals surface area (Å²) in [6.45, 7) is 4.82. The Bertz CT molecular complexity index is 381. The zero-order chi connectivity index (χ0) is 13.7.